The highest BCUT2D eigenvalue weighted by Gasteiger charge is 2.40. The molecule has 1 saturated heterocycles. The number of hydrogen-bond acceptors (Lipinski definition) is 2. The van der Waals surface area contributed by atoms with Crippen LogP contribution in [-0.4, -0.2) is 28.8 Å². The molecule has 0 spiro atoms. The van der Waals surface area contributed by atoms with Gasteiger partial charge in [0.2, 0.25) is 0 Å². The molecule has 0 N–H and O–H groups in total. The Hall–Kier alpha value is -0.370. The van der Waals surface area contributed by atoms with Gasteiger partial charge in [-0.25, -0.2) is 0 Å². The minimum Gasteiger partial charge on any atom is -0.299 e. The first-order valence-corrected chi connectivity index (χ1v) is 6.81. The van der Waals surface area contributed by atoms with Gasteiger partial charge in [-0.3, -0.25) is 9.69 Å². The third kappa shape index (κ3) is 2.17. The SMILES string of the molecule is CCC(CC)(CC)N1CCC(=O)C(C)C1C. The minimum absolute atomic E-state index is 0.206. The Morgan fingerprint density at radius 1 is 1.19 bits per heavy atom. The fraction of sp³-hybridized carbons (Fsp3) is 0.929. The second kappa shape index (κ2) is 5.31. The van der Waals surface area contributed by atoms with Gasteiger partial charge in [0.05, 0.1) is 0 Å². The first-order chi connectivity index (χ1) is 7.52. The third-order valence-corrected chi connectivity index (χ3v) is 4.91. The molecular formula is C14H27NO. The lowest BCUT2D eigenvalue weighted by molar-refractivity contribution is -0.131. The highest BCUT2D eigenvalue weighted by atomic mass is 16.1. The fourth-order valence-corrected chi connectivity index (χ4v) is 3.23. The van der Waals surface area contributed by atoms with Crippen LogP contribution in [0.15, 0.2) is 0 Å². The third-order valence-electron chi connectivity index (χ3n) is 4.91. The average molecular weight is 225 g/mol. The Morgan fingerprint density at radius 3 is 2.12 bits per heavy atom. The number of hydrogen-bond donors (Lipinski definition) is 0. The maximum Gasteiger partial charge on any atom is 0.138 e. The van der Waals surface area contributed by atoms with Gasteiger partial charge in [-0.15, -0.1) is 0 Å². The molecule has 2 heteroatoms. The molecular weight excluding hydrogens is 198 g/mol. The smallest absolute Gasteiger partial charge is 0.138 e. The van der Waals surface area contributed by atoms with E-state index in [2.05, 4.69) is 39.5 Å². The summed E-state index contributed by atoms with van der Waals surface area (Å²) in [7, 11) is 0. The molecule has 0 aromatic carbocycles. The lowest BCUT2D eigenvalue weighted by Crippen LogP contribution is -2.58. The maximum absolute atomic E-state index is 11.7. The lowest BCUT2D eigenvalue weighted by Gasteiger charge is -2.50. The number of carbonyl (C=O) groups excluding carboxylic acids is 1. The molecule has 0 radical (unpaired) electrons. The van der Waals surface area contributed by atoms with Crippen LogP contribution in [0, 0.1) is 5.92 Å². The lowest BCUT2D eigenvalue weighted by atomic mass is 9.81. The number of likely N-dealkylation sites (tertiary alicyclic amines) is 1. The highest BCUT2D eigenvalue weighted by Crippen LogP contribution is 2.34. The van der Waals surface area contributed by atoms with Crippen molar-refractivity contribution in [2.24, 2.45) is 5.92 Å². The van der Waals surface area contributed by atoms with E-state index in [0.29, 0.717) is 17.4 Å². The van der Waals surface area contributed by atoms with Gasteiger partial charge in [0.15, 0.2) is 0 Å². The Labute approximate surface area is 100 Å². The van der Waals surface area contributed by atoms with Gasteiger partial charge in [-0.05, 0) is 26.2 Å². The monoisotopic (exact) mass is 225 g/mol. The van der Waals surface area contributed by atoms with E-state index in [1.807, 2.05) is 0 Å². The zero-order valence-electron chi connectivity index (χ0n) is 11.5. The van der Waals surface area contributed by atoms with Crippen LogP contribution in [0.4, 0.5) is 0 Å². The standard InChI is InChI=1S/C14H27NO/c1-6-14(7-2,8-3)15-10-9-13(16)11(4)12(15)5/h11-12H,6-10H2,1-5H3. The molecule has 1 aliphatic heterocycles. The molecule has 2 unspecified atom stereocenters. The molecule has 1 rings (SSSR count). The summed E-state index contributed by atoms with van der Waals surface area (Å²) >= 11 is 0. The van der Waals surface area contributed by atoms with Crippen LogP contribution in [0.5, 0.6) is 0 Å². The van der Waals surface area contributed by atoms with Crippen molar-refractivity contribution in [2.45, 2.75) is 71.9 Å². The summed E-state index contributed by atoms with van der Waals surface area (Å²) in [6, 6.07) is 0.404. The van der Waals surface area contributed by atoms with Crippen LogP contribution >= 0.6 is 0 Å². The molecule has 0 saturated carbocycles. The number of carbonyl (C=O) groups is 1. The van der Waals surface area contributed by atoms with E-state index in [-0.39, 0.29) is 5.92 Å². The molecule has 1 aliphatic rings. The first kappa shape index (κ1) is 13.7. The van der Waals surface area contributed by atoms with Crippen molar-refractivity contribution in [3.63, 3.8) is 0 Å². The van der Waals surface area contributed by atoms with Crippen molar-refractivity contribution >= 4 is 5.78 Å². The number of rotatable bonds is 4. The predicted octanol–water partition coefficient (Wildman–Crippen LogP) is 3.25. The van der Waals surface area contributed by atoms with Crippen LogP contribution in [-0.2, 0) is 4.79 Å². The number of Topliss-reactive ketones (excluding diaryl/α,β-unsaturated/α-hetero) is 1. The summed E-state index contributed by atoms with van der Waals surface area (Å²) in [5, 5.41) is 0. The summed E-state index contributed by atoms with van der Waals surface area (Å²) in [6.07, 6.45) is 4.30. The molecule has 1 heterocycles. The van der Waals surface area contributed by atoms with Gasteiger partial charge in [0.25, 0.3) is 0 Å². The van der Waals surface area contributed by atoms with E-state index in [1.165, 1.54) is 19.3 Å². The Bertz CT molecular complexity index is 237. The molecule has 2 nitrogen and oxygen atoms in total. The molecule has 0 aromatic heterocycles. The Kier molecular flexibility index (Phi) is 4.54. The highest BCUT2D eigenvalue weighted by molar-refractivity contribution is 5.82. The van der Waals surface area contributed by atoms with Crippen LogP contribution in [0.25, 0.3) is 0 Å². The van der Waals surface area contributed by atoms with Crippen molar-refractivity contribution in [2.75, 3.05) is 6.54 Å². The summed E-state index contributed by atoms with van der Waals surface area (Å²) in [4.78, 5) is 14.3. The van der Waals surface area contributed by atoms with Gasteiger partial charge in [-0.2, -0.15) is 0 Å². The van der Waals surface area contributed by atoms with Gasteiger partial charge in [0.1, 0.15) is 5.78 Å². The molecule has 2 atom stereocenters. The molecule has 0 aliphatic carbocycles. The van der Waals surface area contributed by atoms with Gasteiger partial charge >= 0.3 is 0 Å². The molecule has 0 bridgehead atoms. The van der Waals surface area contributed by atoms with E-state index in [0.717, 1.165) is 13.0 Å². The van der Waals surface area contributed by atoms with E-state index >= 15 is 0 Å². The van der Waals surface area contributed by atoms with Crippen molar-refractivity contribution < 1.29 is 4.79 Å². The van der Waals surface area contributed by atoms with E-state index < -0.39 is 0 Å². The zero-order chi connectivity index (χ0) is 12.3. The van der Waals surface area contributed by atoms with Crippen molar-refractivity contribution in [3.8, 4) is 0 Å². The molecule has 1 fully saturated rings. The number of ketones is 1. The normalized spacial score (nSPS) is 28.4. The first-order valence-electron chi connectivity index (χ1n) is 6.81. The van der Waals surface area contributed by atoms with Crippen molar-refractivity contribution in [1.29, 1.82) is 0 Å². The second-order valence-electron chi connectivity index (χ2n) is 5.22. The van der Waals surface area contributed by atoms with E-state index in [4.69, 9.17) is 0 Å². The quantitative estimate of drug-likeness (QED) is 0.732. The Morgan fingerprint density at radius 2 is 1.69 bits per heavy atom. The van der Waals surface area contributed by atoms with E-state index in [9.17, 15) is 4.79 Å². The van der Waals surface area contributed by atoms with Crippen LogP contribution in [0.3, 0.4) is 0 Å². The minimum atomic E-state index is 0.206. The molecule has 0 amide bonds. The van der Waals surface area contributed by atoms with Crippen molar-refractivity contribution in [1.82, 2.24) is 4.90 Å². The fourth-order valence-electron chi connectivity index (χ4n) is 3.23. The van der Waals surface area contributed by atoms with Gasteiger partial charge < -0.3 is 0 Å². The second-order valence-corrected chi connectivity index (χ2v) is 5.22. The van der Waals surface area contributed by atoms with Crippen molar-refractivity contribution in [3.05, 3.63) is 0 Å². The van der Waals surface area contributed by atoms with E-state index in [1.54, 1.807) is 0 Å². The van der Waals surface area contributed by atoms with Gasteiger partial charge in [-0.1, -0.05) is 27.7 Å². The molecule has 0 aromatic rings. The molecule has 94 valence electrons. The predicted molar refractivity (Wildman–Crippen MR) is 68.6 cm³/mol. The zero-order valence-corrected chi connectivity index (χ0v) is 11.5. The summed E-state index contributed by atoms with van der Waals surface area (Å²) < 4.78 is 0. The maximum atomic E-state index is 11.7. The number of nitrogens with zero attached hydrogens (tertiary/aromatic N) is 1. The largest absolute Gasteiger partial charge is 0.299 e. The Balaban J connectivity index is 2.90. The topological polar surface area (TPSA) is 20.3 Å². The summed E-state index contributed by atoms with van der Waals surface area (Å²) in [5.41, 5.74) is 0.314. The summed E-state index contributed by atoms with van der Waals surface area (Å²) in [6.45, 7) is 12.1. The summed E-state index contributed by atoms with van der Waals surface area (Å²) in [5.74, 6) is 0.652. The van der Waals surface area contributed by atoms with Crippen LogP contribution in [0.2, 0.25) is 0 Å². The average Bonchev–Trinajstić information content (AvgIpc) is 2.31. The molecule has 16 heavy (non-hydrogen) atoms. The van der Waals surface area contributed by atoms with Gasteiger partial charge in [0, 0.05) is 30.5 Å². The van der Waals surface area contributed by atoms with Crippen LogP contribution in [0.1, 0.15) is 60.3 Å². The van der Waals surface area contributed by atoms with Crippen LogP contribution < -0.4 is 0 Å². The number of piperidine rings is 1.